The van der Waals surface area contributed by atoms with E-state index in [1.165, 1.54) is 16.7 Å². The summed E-state index contributed by atoms with van der Waals surface area (Å²) in [5.74, 6) is 1.34. The topological polar surface area (TPSA) is 62.7 Å². The van der Waals surface area contributed by atoms with Crippen molar-refractivity contribution in [2.75, 3.05) is 10.6 Å². The van der Waals surface area contributed by atoms with Gasteiger partial charge in [0.25, 0.3) is 0 Å². The largest absolute Gasteiger partial charge is 0.352 e. The summed E-state index contributed by atoms with van der Waals surface area (Å²) >= 11 is 0. The lowest BCUT2D eigenvalue weighted by atomic mass is 10.1. The Hall–Kier alpha value is -2.95. The Morgan fingerprint density at radius 1 is 0.885 bits per heavy atom. The number of hydrogen-bond donors (Lipinski definition) is 2. The van der Waals surface area contributed by atoms with Crippen LogP contribution >= 0.6 is 0 Å². The molecule has 0 aliphatic rings. The number of nitrogens with one attached hydrogen (secondary N) is 2. The number of aromatic nitrogens is 3. The Balaban J connectivity index is 2.03. The van der Waals surface area contributed by atoms with Gasteiger partial charge in [0.05, 0.1) is 11.4 Å². The van der Waals surface area contributed by atoms with Gasteiger partial charge in [-0.3, -0.25) is 4.98 Å². The van der Waals surface area contributed by atoms with Crippen LogP contribution in [0.4, 0.5) is 17.5 Å². The zero-order valence-corrected chi connectivity index (χ0v) is 16.0. The first kappa shape index (κ1) is 17.9. The molecule has 1 aromatic carbocycles. The van der Waals surface area contributed by atoms with E-state index in [-0.39, 0.29) is 6.04 Å². The van der Waals surface area contributed by atoms with Crippen LogP contribution < -0.4 is 10.6 Å². The quantitative estimate of drug-likeness (QED) is 0.678. The van der Waals surface area contributed by atoms with Gasteiger partial charge in [0.15, 0.2) is 0 Å². The Morgan fingerprint density at radius 3 is 2.23 bits per heavy atom. The molecule has 5 nitrogen and oxygen atoms in total. The molecule has 0 saturated carbocycles. The predicted molar refractivity (Wildman–Crippen MR) is 108 cm³/mol. The predicted octanol–water partition coefficient (Wildman–Crippen LogP) is 5.03. The van der Waals surface area contributed by atoms with E-state index in [0.29, 0.717) is 5.95 Å². The summed E-state index contributed by atoms with van der Waals surface area (Å²) in [5.41, 5.74) is 6.33. The summed E-state index contributed by atoms with van der Waals surface area (Å²) < 4.78 is 0. The smallest absolute Gasteiger partial charge is 0.225 e. The molecule has 3 rings (SSSR count). The van der Waals surface area contributed by atoms with Gasteiger partial charge in [0.2, 0.25) is 5.95 Å². The van der Waals surface area contributed by atoms with Crippen LogP contribution in [0.3, 0.4) is 0 Å². The molecule has 2 aromatic heterocycles. The standard InChI is InChI=1S/C21H25N5/c1-13(2)23-21-24-18(17-8-6-7-9-22-17)12-19(26-21)25-20-15(4)10-14(3)11-16(20)5/h6-13H,1-5H3,(H2,23,24,25,26). The van der Waals surface area contributed by atoms with Gasteiger partial charge in [0.1, 0.15) is 5.82 Å². The Bertz CT molecular complexity index is 881. The minimum atomic E-state index is 0.240. The van der Waals surface area contributed by atoms with Crippen molar-refractivity contribution in [3.05, 3.63) is 59.3 Å². The number of anilines is 3. The number of pyridine rings is 1. The summed E-state index contributed by atoms with van der Waals surface area (Å²) in [4.78, 5) is 13.7. The Labute approximate surface area is 154 Å². The number of hydrogen-bond acceptors (Lipinski definition) is 5. The van der Waals surface area contributed by atoms with Gasteiger partial charge >= 0.3 is 0 Å². The maximum atomic E-state index is 4.64. The fraction of sp³-hybridized carbons (Fsp3) is 0.286. The van der Waals surface area contributed by atoms with Gasteiger partial charge in [-0.15, -0.1) is 0 Å². The molecule has 0 amide bonds. The summed E-state index contributed by atoms with van der Waals surface area (Å²) in [5, 5.41) is 6.76. The van der Waals surface area contributed by atoms with Crippen molar-refractivity contribution in [2.45, 2.75) is 40.7 Å². The second kappa shape index (κ2) is 7.52. The maximum Gasteiger partial charge on any atom is 0.225 e. The van der Waals surface area contributed by atoms with E-state index >= 15 is 0 Å². The molecule has 2 heterocycles. The van der Waals surface area contributed by atoms with Crippen molar-refractivity contribution >= 4 is 17.5 Å². The summed E-state index contributed by atoms with van der Waals surface area (Å²) in [6.07, 6.45) is 1.77. The number of benzene rings is 1. The molecule has 2 N–H and O–H groups in total. The highest BCUT2D eigenvalue weighted by molar-refractivity contribution is 5.69. The molecule has 0 bridgehead atoms. The first-order valence-corrected chi connectivity index (χ1v) is 8.84. The van der Waals surface area contributed by atoms with Crippen LogP contribution in [0, 0.1) is 20.8 Å². The van der Waals surface area contributed by atoms with Crippen molar-refractivity contribution in [3.8, 4) is 11.4 Å². The van der Waals surface area contributed by atoms with Gasteiger partial charge in [0, 0.05) is 24.0 Å². The van der Waals surface area contributed by atoms with Crippen molar-refractivity contribution in [1.82, 2.24) is 15.0 Å². The van der Waals surface area contributed by atoms with E-state index in [4.69, 9.17) is 0 Å². The van der Waals surface area contributed by atoms with E-state index in [9.17, 15) is 0 Å². The third kappa shape index (κ3) is 4.17. The fourth-order valence-corrected chi connectivity index (χ4v) is 2.98. The molecule has 0 spiro atoms. The molecular formula is C21H25N5. The van der Waals surface area contributed by atoms with Gasteiger partial charge < -0.3 is 10.6 Å². The molecule has 3 aromatic rings. The van der Waals surface area contributed by atoms with E-state index in [1.807, 2.05) is 24.3 Å². The molecule has 0 atom stereocenters. The zero-order chi connectivity index (χ0) is 18.7. The van der Waals surface area contributed by atoms with Gasteiger partial charge in [-0.05, 0) is 57.9 Å². The normalized spacial score (nSPS) is 10.8. The van der Waals surface area contributed by atoms with Gasteiger partial charge in [-0.25, -0.2) is 4.98 Å². The van der Waals surface area contributed by atoms with Crippen molar-refractivity contribution in [3.63, 3.8) is 0 Å². The van der Waals surface area contributed by atoms with Crippen LogP contribution in [-0.2, 0) is 0 Å². The maximum absolute atomic E-state index is 4.64. The van der Waals surface area contributed by atoms with Crippen LogP contribution in [0.1, 0.15) is 30.5 Å². The molecular weight excluding hydrogens is 322 g/mol. The van der Waals surface area contributed by atoms with Crippen LogP contribution in [-0.4, -0.2) is 21.0 Å². The number of aryl methyl sites for hydroxylation is 3. The van der Waals surface area contributed by atoms with Crippen LogP contribution in [0.25, 0.3) is 11.4 Å². The Kier molecular flexibility index (Phi) is 5.16. The lowest BCUT2D eigenvalue weighted by Gasteiger charge is -2.16. The average molecular weight is 347 g/mol. The van der Waals surface area contributed by atoms with E-state index in [1.54, 1.807) is 6.20 Å². The molecule has 0 aliphatic heterocycles. The lowest BCUT2D eigenvalue weighted by Crippen LogP contribution is -2.13. The first-order valence-electron chi connectivity index (χ1n) is 8.84. The van der Waals surface area contributed by atoms with Crippen molar-refractivity contribution in [1.29, 1.82) is 0 Å². The summed E-state index contributed by atoms with van der Waals surface area (Å²) in [6, 6.07) is 12.3. The zero-order valence-electron chi connectivity index (χ0n) is 16.0. The molecule has 0 saturated heterocycles. The first-order chi connectivity index (χ1) is 12.4. The van der Waals surface area contributed by atoms with Gasteiger partial charge in [-0.1, -0.05) is 23.8 Å². The fourth-order valence-electron chi connectivity index (χ4n) is 2.98. The molecule has 134 valence electrons. The third-order valence-corrected chi connectivity index (χ3v) is 4.00. The minimum absolute atomic E-state index is 0.240. The van der Waals surface area contributed by atoms with Gasteiger partial charge in [-0.2, -0.15) is 4.98 Å². The molecule has 0 fully saturated rings. The number of nitrogens with zero attached hydrogens (tertiary/aromatic N) is 3. The summed E-state index contributed by atoms with van der Waals surface area (Å²) in [7, 11) is 0. The van der Waals surface area contributed by atoms with E-state index < -0.39 is 0 Å². The molecule has 0 aliphatic carbocycles. The highest BCUT2D eigenvalue weighted by atomic mass is 15.2. The van der Waals surface area contributed by atoms with E-state index in [0.717, 1.165) is 22.9 Å². The highest BCUT2D eigenvalue weighted by Gasteiger charge is 2.11. The minimum Gasteiger partial charge on any atom is -0.352 e. The van der Waals surface area contributed by atoms with E-state index in [2.05, 4.69) is 72.3 Å². The summed E-state index contributed by atoms with van der Waals surface area (Å²) in [6.45, 7) is 10.5. The van der Waals surface area contributed by atoms with Crippen LogP contribution in [0.15, 0.2) is 42.6 Å². The lowest BCUT2D eigenvalue weighted by molar-refractivity contribution is 0.875. The second-order valence-corrected chi connectivity index (χ2v) is 6.87. The Morgan fingerprint density at radius 2 is 1.62 bits per heavy atom. The molecule has 0 radical (unpaired) electrons. The SMILES string of the molecule is Cc1cc(C)c(Nc2cc(-c3ccccn3)nc(NC(C)C)n2)c(C)c1. The third-order valence-electron chi connectivity index (χ3n) is 4.00. The van der Waals surface area contributed by atoms with Crippen LogP contribution in [0.5, 0.6) is 0 Å². The molecule has 5 heteroatoms. The molecule has 0 unspecified atom stereocenters. The highest BCUT2D eigenvalue weighted by Crippen LogP contribution is 2.27. The number of rotatable bonds is 5. The van der Waals surface area contributed by atoms with Crippen LogP contribution in [0.2, 0.25) is 0 Å². The monoisotopic (exact) mass is 347 g/mol. The average Bonchev–Trinajstić information content (AvgIpc) is 2.58. The van der Waals surface area contributed by atoms with Crippen molar-refractivity contribution in [2.24, 2.45) is 0 Å². The van der Waals surface area contributed by atoms with Crippen molar-refractivity contribution < 1.29 is 0 Å². The molecule has 26 heavy (non-hydrogen) atoms. The second-order valence-electron chi connectivity index (χ2n) is 6.87.